The second kappa shape index (κ2) is 1.76. The summed E-state index contributed by atoms with van der Waals surface area (Å²) >= 11 is 0. The van der Waals surface area contributed by atoms with Crippen molar-refractivity contribution >= 4 is 11.7 Å². The Balaban J connectivity index is 2.54. The maximum Gasteiger partial charge on any atom is 0.160 e. The van der Waals surface area contributed by atoms with Crippen LogP contribution in [-0.2, 0) is 6.42 Å². The molecule has 0 aliphatic carbocycles. The van der Waals surface area contributed by atoms with Gasteiger partial charge < -0.3 is 5.73 Å². The lowest BCUT2D eigenvalue weighted by Gasteiger charge is -1.89. The SMILES string of the molecule is NC1=Nc2ncncc2C1. The normalized spacial score (nSPS) is 14.6. The standard InChI is InChI=1S/C6H6N4/c7-5-1-4-2-8-3-9-6(4)10-5/h2-3H,1H2,(H2,7,8,9,10). The van der Waals surface area contributed by atoms with Crippen LogP contribution in [-0.4, -0.2) is 15.8 Å². The Bertz CT molecular complexity index is 292. The van der Waals surface area contributed by atoms with Crippen molar-refractivity contribution in [2.45, 2.75) is 6.42 Å². The average molecular weight is 134 g/mol. The lowest BCUT2D eigenvalue weighted by molar-refractivity contribution is 1.12. The van der Waals surface area contributed by atoms with E-state index in [9.17, 15) is 0 Å². The summed E-state index contributed by atoms with van der Waals surface area (Å²) in [7, 11) is 0. The number of hydrogen-bond acceptors (Lipinski definition) is 4. The topological polar surface area (TPSA) is 64.2 Å². The number of rotatable bonds is 0. The lowest BCUT2D eigenvalue weighted by Crippen LogP contribution is -2.09. The zero-order valence-corrected chi connectivity index (χ0v) is 5.28. The van der Waals surface area contributed by atoms with Gasteiger partial charge in [-0.15, -0.1) is 0 Å². The Morgan fingerprint density at radius 2 is 2.40 bits per heavy atom. The Kier molecular flexibility index (Phi) is 0.943. The fourth-order valence-electron chi connectivity index (χ4n) is 0.948. The van der Waals surface area contributed by atoms with Gasteiger partial charge in [-0.3, -0.25) is 0 Å². The van der Waals surface area contributed by atoms with Crippen LogP contribution < -0.4 is 5.73 Å². The Hall–Kier alpha value is -1.45. The minimum atomic E-state index is 0.621. The fraction of sp³-hybridized carbons (Fsp3) is 0.167. The van der Waals surface area contributed by atoms with E-state index < -0.39 is 0 Å². The van der Waals surface area contributed by atoms with Gasteiger partial charge in [-0.1, -0.05) is 0 Å². The number of hydrogen-bond donors (Lipinski definition) is 1. The van der Waals surface area contributed by atoms with E-state index in [1.807, 2.05) is 0 Å². The predicted molar refractivity (Wildman–Crippen MR) is 37.0 cm³/mol. The summed E-state index contributed by atoms with van der Waals surface area (Å²) in [6, 6.07) is 0. The van der Waals surface area contributed by atoms with Crippen molar-refractivity contribution in [2.75, 3.05) is 0 Å². The summed E-state index contributed by atoms with van der Waals surface area (Å²) < 4.78 is 0. The van der Waals surface area contributed by atoms with Crippen molar-refractivity contribution in [1.82, 2.24) is 9.97 Å². The molecule has 4 nitrogen and oxygen atoms in total. The van der Waals surface area contributed by atoms with Gasteiger partial charge >= 0.3 is 0 Å². The molecule has 1 aromatic rings. The first-order valence-electron chi connectivity index (χ1n) is 2.98. The van der Waals surface area contributed by atoms with Crippen molar-refractivity contribution < 1.29 is 0 Å². The van der Waals surface area contributed by atoms with Crippen molar-refractivity contribution in [2.24, 2.45) is 10.7 Å². The Morgan fingerprint density at radius 3 is 3.20 bits per heavy atom. The minimum absolute atomic E-state index is 0.621. The third-order valence-corrected chi connectivity index (χ3v) is 1.39. The molecule has 0 fully saturated rings. The van der Waals surface area contributed by atoms with E-state index in [-0.39, 0.29) is 0 Å². The van der Waals surface area contributed by atoms with Crippen LogP contribution in [0.2, 0.25) is 0 Å². The first kappa shape index (κ1) is 5.34. The molecule has 1 aromatic heterocycles. The average Bonchev–Trinajstić information content (AvgIpc) is 2.27. The molecule has 0 radical (unpaired) electrons. The van der Waals surface area contributed by atoms with Gasteiger partial charge in [-0.25, -0.2) is 15.0 Å². The summed E-state index contributed by atoms with van der Waals surface area (Å²) in [5, 5.41) is 0. The Labute approximate surface area is 57.8 Å². The molecule has 0 saturated heterocycles. The summed E-state index contributed by atoms with van der Waals surface area (Å²) in [6.45, 7) is 0. The maximum atomic E-state index is 5.47. The molecule has 50 valence electrons. The molecule has 10 heavy (non-hydrogen) atoms. The molecule has 0 atom stereocenters. The fourth-order valence-corrected chi connectivity index (χ4v) is 0.948. The van der Waals surface area contributed by atoms with Gasteiger partial charge in [0, 0.05) is 18.2 Å². The van der Waals surface area contributed by atoms with E-state index in [4.69, 9.17) is 5.73 Å². The minimum Gasteiger partial charge on any atom is -0.387 e. The molecule has 1 aliphatic rings. The van der Waals surface area contributed by atoms with E-state index in [1.165, 1.54) is 6.33 Å². The molecule has 0 aromatic carbocycles. The molecule has 0 bridgehead atoms. The molecule has 2 N–H and O–H groups in total. The van der Waals surface area contributed by atoms with Gasteiger partial charge in [-0.05, 0) is 0 Å². The van der Waals surface area contributed by atoms with Gasteiger partial charge in [0.2, 0.25) is 0 Å². The van der Waals surface area contributed by atoms with Crippen LogP contribution in [0.25, 0.3) is 0 Å². The monoisotopic (exact) mass is 134 g/mol. The summed E-state index contributed by atoms with van der Waals surface area (Å²) in [5.41, 5.74) is 6.48. The smallest absolute Gasteiger partial charge is 0.160 e. The largest absolute Gasteiger partial charge is 0.387 e. The van der Waals surface area contributed by atoms with Crippen LogP contribution in [0, 0.1) is 0 Å². The molecule has 0 amide bonds. The van der Waals surface area contributed by atoms with Crippen molar-refractivity contribution in [3.63, 3.8) is 0 Å². The highest BCUT2D eigenvalue weighted by molar-refractivity contribution is 5.89. The highest BCUT2D eigenvalue weighted by atomic mass is 15.0. The second-order valence-electron chi connectivity index (χ2n) is 2.15. The van der Waals surface area contributed by atoms with E-state index >= 15 is 0 Å². The van der Waals surface area contributed by atoms with Crippen molar-refractivity contribution in [3.8, 4) is 0 Å². The van der Waals surface area contributed by atoms with Crippen LogP contribution in [0.5, 0.6) is 0 Å². The Morgan fingerprint density at radius 1 is 1.50 bits per heavy atom. The third kappa shape index (κ3) is 0.655. The van der Waals surface area contributed by atoms with Crippen LogP contribution >= 0.6 is 0 Å². The molecule has 2 heterocycles. The number of nitrogens with zero attached hydrogens (tertiary/aromatic N) is 3. The van der Waals surface area contributed by atoms with E-state index in [0.717, 1.165) is 5.56 Å². The zero-order valence-electron chi connectivity index (χ0n) is 5.28. The number of fused-ring (bicyclic) bond motifs is 1. The van der Waals surface area contributed by atoms with Crippen LogP contribution in [0.3, 0.4) is 0 Å². The second-order valence-corrected chi connectivity index (χ2v) is 2.15. The molecule has 4 heteroatoms. The molecular formula is C6H6N4. The molecule has 0 spiro atoms. The van der Waals surface area contributed by atoms with Crippen molar-refractivity contribution in [1.29, 1.82) is 0 Å². The predicted octanol–water partition coefficient (Wildman–Crippen LogP) is 0.0214. The van der Waals surface area contributed by atoms with Gasteiger partial charge in [0.1, 0.15) is 12.2 Å². The van der Waals surface area contributed by atoms with Crippen LogP contribution in [0.15, 0.2) is 17.5 Å². The van der Waals surface area contributed by atoms with E-state index in [0.29, 0.717) is 18.1 Å². The highest BCUT2D eigenvalue weighted by Crippen LogP contribution is 2.19. The van der Waals surface area contributed by atoms with Crippen molar-refractivity contribution in [3.05, 3.63) is 18.1 Å². The van der Waals surface area contributed by atoms with Gasteiger partial charge in [0.05, 0.1) is 0 Å². The molecule has 0 unspecified atom stereocenters. The molecule has 2 rings (SSSR count). The zero-order chi connectivity index (χ0) is 6.97. The maximum absolute atomic E-state index is 5.47. The van der Waals surface area contributed by atoms with E-state index in [2.05, 4.69) is 15.0 Å². The summed E-state index contributed by atoms with van der Waals surface area (Å²) in [4.78, 5) is 11.8. The summed E-state index contributed by atoms with van der Waals surface area (Å²) in [6.07, 6.45) is 3.91. The van der Waals surface area contributed by atoms with Crippen LogP contribution in [0.1, 0.15) is 5.56 Å². The molecular weight excluding hydrogens is 128 g/mol. The van der Waals surface area contributed by atoms with Crippen LogP contribution in [0.4, 0.5) is 5.82 Å². The number of aromatic nitrogens is 2. The number of amidine groups is 1. The quantitative estimate of drug-likeness (QED) is 0.544. The van der Waals surface area contributed by atoms with Gasteiger partial charge in [0.25, 0.3) is 0 Å². The highest BCUT2D eigenvalue weighted by Gasteiger charge is 2.11. The lowest BCUT2D eigenvalue weighted by atomic mass is 10.2. The van der Waals surface area contributed by atoms with Gasteiger partial charge in [-0.2, -0.15) is 0 Å². The first-order valence-corrected chi connectivity index (χ1v) is 2.98. The number of aliphatic imine (C=N–C) groups is 1. The van der Waals surface area contributed by atoms with Gasteiger partial charge in [0.15, 0.2) is 5.82 Å². The first-order chi connectivity index (χ1) is 4.86. The molecule has 0 saturated carbocycles. The third-order valence-electron chi connectivity index (χ3n) is 1.39. The van der Waals surface area contributed by atoms with E-state index in [1.54, 1.807) is 6.20 Å². The summed E-state index contributed by atoms with van der Waals surface area (Å²) in [5.74, 6) is 1.34. The number of nitrogens with two attached hydrogens (primary N) is 1. The molecule has 1 aliphatic heterocycles.